The van der Waals surface area contributed by atoms with E-state index in [4.69, 9.17) is 14.2 Å². The fourth-order valence-corrected chi connectivity index (χ4v) is 8.69. The molecule has 0 aromatic rings. The van der Waals surface area contributed by atoms with Crippen molar-refractivity contribution in [2.75, 3.05) is 13.2 Å². The van der Waals surface area contributed by atoms with Crippen LogP contribution in [-0.4, -0.2) is 37.2 Å². The summed E-state index contributed by atoms with van der Waals surface area (Å²) in [5.74, 6) is -1.04. The van der Waals surface area contributed by atoms with E-state index >= 15 is 0 Å². The molecule has 0 aliphatic carbocycles. The van der Waals surface area contributed by atoms with E-state index in [9.17, 15) is 14.4 Å². The number of ether oxygens (including phenoxy) is 3. The molecule has 0 saturated heterocycles. The Hall–Kier alpha value is -3.93. The summed E-state index contributed by atoms with van der Waals surface area (Å²) in [7, 11) is 0. The van der Waals surface area contributed by atoms with E-state index in [1.54, 1.807) is 6.08 Å². The van der Waals surface area contributed by atoms with E-state index in [2.05, 4.69) is 118 Å². The normalized spacial score (nSPS) is 12.8. The van der Waals surface area contributed by atoms with Crippen molar-refractivity contribution in [3.8, 4) is 0 Å². The fraction of sp³-hybridized carbons (Fsp3) is 0.696. The van der Waals surface area contributed by atoms with Crippen molar-refractivity contribution < 1.29 is 28.6 Å². The minimum atomic E-state index is -0.832. The molecule has 0 fully saturated rings. The van der Waals surface area contributed by atoms with Crippen molar-refractivity contribution in [1.29, 1.82) is 0 Å². The molecule has 0 amide bonds. The Morgan fingerprint density at radius 2 is 0.560 bits per heavy atom. The molecule has 0 rings (SSSR count). The van der Waals surface area contributed by atoms with E-state index in [-0.39, 0.29) is 31.6 Å². The Morgan fingerprint density at radius 1 is 0.293 bits per heavy atom. The summed E-state index contributed by atoms with van der Waals surface area (Å²) in [5.41, 5.74) is 0. The Labute approximate surface area is 463 Å². The molecule has 1 atom stereocenters. The van der Waals surface area contributed by atoms with Crippen LogP contribution in [0.25, 0.3) is 0 Å². The lowest BCUT2D eigenvalue weighted by molar-refractivity contribution is -0.166. The molecule has 0 aromatic heterocycles. The first-order valence-corrected chi connectivity index (χ1v) is 31.4. The zero-order valence-corrected chi connectivity index (χ0v) is 49.0. The monoisotopic (exact) mass is 1040 g/mol. The van der Waals surface area contributed by atoms with E-state index in [1.807, 2.05) is 6.08 Å². The molecule has 0 bridgehead atoms. The van der Waals surface area contributed by atoms with Crippen molar-refractivity contribution in [3.63, 3.8) is 0 Å². The molecule has 6 heteroatoms. The maximum atomic E-state index is 12.8. The minimum Gasteiger partial charge on any atom is -0.462 e. The highest BCUT2D eigenvalue weighted by Gasteiger charge is 2.19. The number of carbonyl (C=O) groups excluding carboxylic acids is 3. The zero-order chi connectivity index (χ0) is 54.3. The van der Waals surface area contributed by atoms with E-state index in [0.29, 0.717) is 12.8 Å². The number of carbonyl (C=O) groups is 3. The molecule has 0 saturated carbocycles. The quantitative estimate of drug-likeness (QED) is 0.0261. The predicted molar refractivity (Wildman–Crippen MR) is 325 cm³/mol. The minimum absolute atomic E-state index is 0.0969. The lowest BCUT2D eigenvalue weighted by Crippen LogP contribution is -2.30. The summed E-state index contributed by atoms with van der Waals surface area (Å²) in [6.07, 6.45) is 85.5. The van der Waals surface area contributed by atoms with Gasteiger partial charge in [-0.2, -0.15) is 0 Å². The number of rotatable bonds is 56. The lowest BCUT2D eigenvalue weighted by atomic mass is 10.0. The first kappa shape index (κ1) is 71.1. The number of esters is 3. The third-order valence-corrected chi connectivity index (χ3v) is 13.3. The molecule has 428 valence electrons. The number of hydrogen-bond donors (Lipinski definition) is 0. The van der Waals surface area contributed by atoms with Crippen LogP contribution in [-0.2, 0) is 28.6 Å². The predicted octanol–water partition coefficient (Wildman–Crippen LogP) is 21.4. The lowest BCUT2D eigenvalue weighted by Gasteiger charge is -2.18. The summed E-state index contributed by atoms with van der Waals surface area (Å²) in [6.45, 7) is 6.35. The largest absolute Gasteiger partial charge is 0.462 e. The van der Waals surface area contributed by atoms with Crippen molar-refractivity contribution in [2.24, 2.45) is 0 Å². The summed E-state index contributed by atoms with van der Waals surface area (Å²) >= 11 is 0. The van der Waals surface area contributed by atoms with Gasteiger partial charge >= 0.3 is 17.9 Å². The summed E-state index contributed by atoms with van der Waals surface area (Å²) in [6, 6.07) is 0. The molecule has 0 spiro atoms. The van der Waals surface area contributed by atoms with E-state index < -0.39 is 12.1 Å². The number of hydrogen-bond acceptors (Lipinski definition) is 6. The van der Waals surface area contributed by atoms with Crippen LogP contribution in [0, 0.1) is 0 Å². The average molecular weight is 1040 g/mol. The second-order valence-electron chi connectivity index (χ2n) is 20.6. The van der Waals surface area contributed by atoms with Crippen molar-refractivity contribution in [2.45, 2.75) is 297 Å². The summed E-state index contributed by atoms with van der Waals surface area (Å²) in [5, 5.41) is 0. The second-order valence-corrected chi connectivity index (χ2v) is 20.6. The SMILES string of the molecule is CC/C=C\C/C=C\C/C=C\C/C=C\C/C=C\CC(=O)OC(COC(=O)CCCCCCCCCCCCCCCCC)COC(=O)CCCCCCCCCCCCCCCC/C=C\C/C=C\C/C=C\C/C=C\CC. The molecule has 75 heavy (non-hydrogen) atoms. The van der Waals surface area contributed by atoms with Crippen LogP contribution in [0.1, 0.15) is 290 Å². The van der Waals surface area contributed by atoms with Crippen LogP contribution in [0.2, 0.25) is 0 Å². The fourth-order valence-electron chi connectivity index (χ4n) is 8.69. The Morgan fingerprint density at radius 3 is 0.880 bits per heavy atom. The Balaban J connectivity index is 4.34. The van der Waals surface area contributed by atoms with Gasteiger partial charge in [0.2, 0.25) is 0 Å². The zero-order valence-electron chi connectivity index (χ0n) is 49.0. The molecule has 0 aliphatic rings. The maximum absolute atomic E-state index is 12.8. The van der Waals surface area contributed by atoms with Gasteiger partial charge in [-0.25, -0.2) is 0 Å². The molecule has 0 heterocycles. The van der Waals surface area contributed by atoms with Gasteiger partial charge in [0.25, 0.3) is 0 Å². The first-order valence-electron chi connectivity index (χ1n) is 31.4. The van der Waals surface area contributed by atoms with Crippen LogP contribution in [0.5, 0.6) is 0 Å². The molecular weight excluding hydrogens is 925 g/mol. The van der Waals surface area contributed by atoms with Gasteiger partial charge in [-0.05, 0) is 83.5 Å². The van der Waals surface area contributed by atoms with Gasteiger partial charge in [-0.3, -0.25) is 14.4 Å². The Kier molecular flexibility index (Phi) is 59.3. The van der Waals surface area contributed by atoms with Crippen LogP contribution in [0.3, 0.4) is 0 Å². The molecule has 6 nitrogen and oxygen atoms in total. The highest BCUT2D eigenvalue weighted by molar-refractivity contribution is 5.72. The first-order chi connectivity index (χ1) is 37.0. The molecule has 0 aliphatic heterocycles. The van der Waals surface area contributed by atoms with Crippen molar-refractivity contribution >= 4 is 17.9 Å². The molecule has 0 N–H and O–H groups in total. The standard InChI is InChI=1S/C69H116O6/c1-4-7-10-13-16-19-22-25-28-29-30-31-32-33-34-35-36-37-38-39-42-44-47-50-53-56-59-62-68(71)74-65-66(75-69(72)63-60-57-54-51-48-45-41-27-24-21-18-15-12-9-6-3)64-73-67(70)61-58-55-52-49-46-43-40-26-23-20-17-14-11-8-5-2/h7,9-10,12,16,18-19,21,25,27-28,30-31,41,48,51,57,60,66H,4-6,8,11,13-15,17,20,22-24,26,29,32-40,42-47,49-50,52-56,58-59,61-65H2,1-3H3/b10-7-,12-9-,19-16-,21-18-,28-25-,31-30-,41-27-,51-48-,60-57-. The molecule has 1 unspecified atom stereocenters. The van der Waals surface area contributed by atoms with E-state index in [1.165, 1.54) is 154 Å². The molecular formula is C69H116O6. The van der Waals surface area contributed by atoms with Gasteiger partial charge in [-0.15, -0.1) is 0 Å². The topological polar surface area (TPSA) is 78.9 Å². The third-order valence-electron chi connectivity index (χ3n) is 13.3. The summed E-state index contributed by atoms with van der Waals surface area (Å²) < 4.78 is 16.8. The number of allylic oxidation sites excluding steroid dienone is 17. The van der Waals surface area contributed by atoms with Crippen LogP contribution >= 0.6 is 0 Å². The smallest absolute Gasteiger partial charge is 0.310 e. The second kappa shape index (κ2) is 62.6. The highest BCUT2D eigenvalue weighted by atomic mass is 16.6. The molecule has 0 radical (unpaired) electrons. The number of unbranched alkanes of at least 4 members (excludes halogenated alkanes) is 28. The van der Waals surface area contributed by atoms with Crippen molar-refractivity contribution in [1.82, 2.24) is 0 Å². The third kappa shape index (κ3) is 60.8. The van der Waals surface area contributed by atoms with Crippen LogP contribution < -0.4 is 0 Å². The van der Waals surface area contributed by atoms with Gasteiger partial charge in [0.05, 0.1) is 6.42 Å². The average Bonchev–Trinajstić information content (AvgIpc) is 3.41. The van der Waals surface area contributed by atoms with Gasteiger partial charge in [0.15, 0.2) is 6.10 Å². The van der Waals surface area contributed by atoms with Crippen LogP contribution in [0.4, 0.5) is 0 Å². The van der Waals surface area contributed by atoms with Gasteiger partial charge < -0.3 is 14.2 Å². The summed E-state index contributed by atoms with van der Waals surface area (Å²) in [4.78, 5) is 38.2. The van der Waals surface area contributed by atoms with Gasteiger partial charge in [0.1, 0.15) is 13.2 Å². The van der Waals surface area contributed by atoms with Gasteiger partial charge in [0, 0.05) is 12.8 Å². The van der Waals surface area contributed by atoms with E-state index in [0.717, 1.165) is 96.3 Å². The Bertz CT molecular complexity index is 1520. The van der Waals surface area contributed by atoms with Crippen LogP contribution in [0.15, 0.2) is 109 Å². The maximum Gasteiger partial charge on any atom is 0.310 e. The van der Waals surface area contributed by atoms with Crippen molar-refractivity contribution in [3.05, 3.63) is 109 Å². The molecule has 0 aromatic carbocycles. The highest BCUT2D eigenvalue weighted by Crippen LogP contribution is 2.16. The van der Waals surface area contributed by atoms with Gasteiger partial charge in [-0.1, -0.05) is 297 Å².